The molecule has 0 saturated carbocycles. The molecule has 0 aromatic heterocycles. The summed E-state index contributed by atoms with van der Waals surface area (Å²) in [5, 5.41) is 23.2. The number of carbonyl (C=O) groups is 1. The fourth-order valence-corrected chi connectivity index (χ4v) is 9.77. The van der Waals surface area contributed by atoms with E-state index in [-0.39, 0.29) is 12.5 Å². The van der Waals surface area contributed by atoms with E-state index in [1.54, 1.807) is 6.08 Å². The van der Waals surface area contributed by atoms with E-state index in [0.29, 0.717) is 6.42 Å². The molecule has 1 amide bonds. The van der Waals surface area contributed by atoms with Gasteiger partial charge >= 0.3 is 0 Å². The lowest BCUT2D eigenvalue weighted by atomic mass is 10.0. The van der Waals surface area contributed by atoms with Gasteiger partial charge in [-0.1, -0.05) is 321 Å². The molecule has 0 aliphatic heterocycles. The minimum atomic E-state index is -0.836. The molecule has 0 aliphatic rings. The molecule has 0 aromatic rings. The minimum absolute atomic E-state index is 0.0565. The van der Waals surface area contributed by atoms with Crippen LogP contribution in [-0.4, -0.2) is 34.9 Å². The van der Waals surface area contributed by atoms with Gasteiger partial charge in [-0.2, -0.15) is 0 Å². The Morgan fingerprint density at radius 1 is 0.348 bits per heavy atom. The molecule has 0 fully saturated rings. The molecule has 0 aromatic carbocycles. The Bertz CT molecular complexity index is 963. The Labute approximate surface area is 415 Å². The van der Waals surface area contributed by atoms with Crippen LogP contribution in [0.4, 0.5) is 0 Å². The largest absolute Gasteiger partial charge is 0.394 e. The summed E-state index contributed by atoms with van der Waals surface area (Å²) in [6, 6.07) is -0.619. The normalized spacial score (nSPS) is 12.8. The minimum Gasteiger partial charge on any atom is -0.394 e. The van der Waals surface area contributed by atoms with Gasteiger partial charge in [-0.3, -0.25) is 4.79 Å². The first kappa shape index (κ1) is 64.9. The molecule has 2 atom stereocenters. The Morgan fingerprint density at radius 2 is 0.576 bits per heavy atom. The molecule has 3 N–H and O–H groups in total. The summed E-state index contributed by atoms with van der Waals surface area (Å²) in [4.78, 5) is 12.5. The number of hydrogen-bond acceptors (Lipinski definition) is 3. The number of aliphatic hydroxyl groups is 2. The van der Waals surface area contributed by atoms with Crippen molar-refractivity contribution in [2.45, 2.75) is 360 Å². The fourth-order valence-electron chi connectivity index (χ4n) is 9.77. The molecule has 0 heterocycles. The van der Waals surface area contributed by atoms with Gasteiger partial charge in [0.15, 0.2) is 0 Å². The smallest absolute Gasteiger partial charge is 0.220 e. The molecular weight excluding hydrogens is 807 g/mol. The van der Waals surface area contributed by atoms with Crippen molar-refractivity contribution in [3.05, 3.63) is 24.3 Å². The Morgan fingerprint density at radius 3 is 0.833 bits per heavy atom. The van der Waals surface area contributed by atoms with Crippen LogP contribution in [0.1, 0.15) is 348 Å². The summed E-state index contributed by atoms with van der Waals surface area (Å²) in [5.41, 5.74) is 0. The molecule has 4 heteroatoms. The fraction of sp³-hybridized carbons (Fsp3) is 0.919. The molecular formula is C62H121NO3. The van der Waals surface area contributed by atoms with Crippen LogP contribution in [0, 0.1) is 0 Å². The van der Waals surface area contributed by atoms with Crippen molar-refractivity contribution in [2.24, 2.45) is 0 Å². The van der Waals surface area contributed by atoms with Crippen LogP contribution in [0.2, 0.25) is 0 Å². The van der Waals surface area contributed by atoms with Gasteiger partial charge in [0.25, 0.3) is 0 Å². The van der Waals surface area contributed by atoms with Gasteiger partial charge in [0, 0.05) is 6.42 Å². The quantitative estimate of drug-likeness (QED) is 0.0420. The maximum absolute atomic E-state index is 12.5. The summed E-state index contributed by atoms with van der Waals surface area (Å²) in [7, 11) is 0. The number of unbranched alkanes of at least 4 members (excludes halogenated alkanes) is 48. The highest BCUT2D eigenvalue weighted by Gasteiger charge is 2.18. The maximum atomic E-state index is 12.5. The number of carbonyl (C=O) groups excluding carboxylic acids is 1. The van der Waals surface area contributed by atoms with Gasteiger partial charge in [0.2, 0.25) is 5.91 Å². The number of nitrogens with one attached hydrogen (secondary N) is 1. The van der Waals surface area contributed by atoms with E-state index in [2.05, 4.69) is 31.3 Å². The Hall–Kier alpha value is -1.13. The molecule has 4 nitrogen and oxygen atoms in total. The highest BCUT2D eigenvalue weighted by atomic mass is 16.3. The monoisotopic (exact) mass is 928 g/mol. The highest BCUT2D eigenvalue weighted by Crippen LogP contribution is 2.18. The molecule has 0 saturated heterocycles. The second-order valence-electron chi connectivity index (χ2n) is 21.1. The van der Waals surface area contributed by atoms with Crippen LogP contribution in [0.3, 0.4) is 0 Å². The van der Waals surface area contributed by atoms with Crippen molar-refractivity contribution in [1.82, 2.24) is 5.32 Å². The number of hydrogen-bond donors (Lipinski definition) is 3. The summed E-state index contributed by atoms with van der Waals surface area (Å²) in [6.45, 7) is 4.34. The Balaban J connectivity index is 3.38. The first-order valence-electron chi connectivity index (χ1n) is 30.6. The third kappa shape index (κ3) is 53.8. The average molecular weight is 929 g/mol. The van der Waals surface area contributed by atoms with Crippen LogP contribution in [0.5, 0.6) is 0 Å². The van der Waals surface area contributed by atoms with Gasteiger partial charge in [-0.15, -0.1) is 0 Å². The molecule has 0 radical (unpaired) electrons. The summed E-state index contributed by atoms with van der Waals surface area (Å²) in [6.07, 6.45) is 78.0. The maximum Gasteiger partial charge on any atom is 0.220 e. The number of aliphatic hydroxyl groups excluding tert-OH is 2. The van der Waals surface area contributed by atoms with Crippen LogP contribution in [-0.2, 0) is 4.79 Å². The van der Waals surface area contributed by atoms with Crippen molar-refractivity contribution >= 4 is 5.91 Å². The first-order valence-corrected chi connectivity index (χ1v) is 30.6. The zero-order valence-electron chi connectivity index (χ0n) is 45.2. The van der Waals surface area contributed by atoms with Crippen LogP contribution in [0.25, 0.3) is 0 Å². The summed E-state index contributed by atoms with van der Waals surface area (Å²) in [5.74, 6) is -0.0565. The molecule has 392 valence electrons. The van der Waals surface area contributed by atoms with Crippen LogP contribution in [0.15, 0.2) is 24.3 Å². The third-order valence-electron chi connectivity index (χ3n) is 14.4. The van der Waals surface area contributed by atoms with Gasteiger partial charge in [0.1, 0.15) is 0 Å². The van der Waals surface area contributed by atoms with E-state index < -0.39 is 12.1 Å². The van der Waals surface area contributed by atoms with E-state index in [4.69, 9.17) is 0 Å². The number of rotatable bonds is 57. The molecule has 0 spiro atoms. The molecule has 2 unspecified atom stereocenters. The van der Waals surface area contributed by atoms with Crippen molar-refractivity contribution in [3.8, 4) is 0 Å². The highest BCUT2D eigenvalue weighted by molar-refractivity contribution is 5.76. The van der Waals surface area contributed by atoms with Gasteiger partial charge in [-0.25, -0.2) is 0 Å². The van der Waals surface area contributed by atoms with Gasteiger partial charge < -0.3 is 15.5 Å². The first-order chi connectivity index (χ1) is 32.7. The summed E-state index contributed by atoms with van der Waals surface area (Å²) < 4.78 is 0. The number of amides is 1. The third-order valence-corrected chi connectivity index (χ3v) is 14.4. The van der Waals surface area contributed by atoms with E-state index in [1.807, 2.05) is 6.08 Å². The van der Waals surface area contributed by atoms with Crippen molar-refractivity contribution in [3.63, 3.8) is 0 Å². The molecule has 0 rings (SSSR count). The predicted octanol–water partition coefficient (Wildman–Crippen LogP) is 20.3. The number of allylic oxidation sites excluding steroid dienone is 3. The lowest BCUT2D eigenvalue weighted by molar-refractivity contribution is -0.123. The molecule has 0 aliphatic carbocycles. The van der Waals surface area contributed by atoms with E-state index in [0.717, 1.165) is 25.7 Å². The topological polar surface area (TPSA) is 69.6 Å². The lowest BCUT2D eigenvalue weighted by Crippen LogP contribution is -2.45. The zero-order valence-corrected chi connectivity index (χ0v) is 45.2. The summed E-state index contributed by atoms with van der Waals surface area (Å²) >= 11 is 0. The lowest BCUT2D eigenvalue weighted by Gasteiger charge is -2.20. The Kier molecular flexibility index (Phi) is 57.2. The average Bonchev–Trinajstić information content (AvgIpc) is 3.32. The van der Waals surface area contributed by atoms with E-state index >= 15 is 0 Å². The van der Waals surface area contributed by atoms with Crippen molar-refractivity contribution in [1.29, 1.82) is 0 Å². The van der Waals surface area contributed by atoms with Gasteiger partial charge in [0.05, 0.1) is 18.8 Å². The predicted molar refractivity (Wildman–Crippen MR) is 295 cm³/mol. The van der Waals surface area contributed by atoms with Crippen LogP contribution < -0.4 is 5.32 Å². The van der Waals surface area contributed by atoms with Gasteiger partial charge in [-0.05, 0) is 44.9 Å². The second-order valence-corrected chi connectivity index (χ2v) is 21.1. The standard InChI is InChI=1S/C62H121NO3/c1-3-5-7-9-11-13-15-17-19-21-22-23-24-25-26-27-28-29-30-31-32-33-34-35-36-37-38-39-40-42-44-46-48-50-52-54-56-58-62(66)63-60(59-64)61(65)57-55-53-51-49-47-45-43-41-20-18-16-14-12-10-8-6-4-2/h21-22,55,57,60-61,64-65H,3-20,23-54,56,58-59H2,1-2H3,(H,63,66)/b22-21-,57-55+. The van der Waals surface area contributed by atoms with Crippen LogP contribution >= 0.6 is 0 Å². The molecule has 66 heavy (non-hydrogen) atoms. The zero-order chi connectivity index (χ0) is 47.7. The SMILES string of the molecule is CCCCCCCCCC/C=C\CCCCCCCCCCCCCCCCCCCCCCCCCCCC(=O)NC(CO)C(O)/C=C/CCCCCCCCCCCCCCCCC. The second kappa shape index (κ2) is 58.2. The van der Waals surface area contributed by atoms with Crippen molar-refractivity contribution < 1.29 is 15.0 Å². The van der Waals surface area contributed by atoms with E-state index in [1.165, 1.54) is 302 Å². The molecule has 0 bridgehead atoms. The van der Waals surface area contributed by atoms with Crippen molar-refractivity contribution in [2.75, 3.05) is 6.61 Å². The van der Waals surface area contributed by atoms with E-state index in [9.17, 15) is 15.0 Å².